The highest BCUT2D eigenvalue weighted by Gasteiger charge is 2.08. The van der Waals surface area contributed by atoms with Gasteiger partial charge in [-0.15, -0.1) is 0 Å². The summed E-state index contributed by atoms with van der Waals surface area (Å²) in [5.41, 5.74) is 6.32. The molecule has 0 fully saturated rings. The molecule has 0 aliphatic rings. The summed E-state index contributed by atoms with van der Waals surface area (Å²) in [6, 6.07) is 14.6. The first-order valence-electron chi connectivity index (χ1n) is 7.15. The van der Waals surface area contributed by atoms with Crippen molar-refractivity contribution < 1.29 is 14.3 Å². The summed E-state index contributed by atoms with van der Waals surface area (Å²) in [5, 5.41) is 0. The Morgan fingerprint density at radius 2 is 1.65 bits per heavy atom. The summed E-state index contributed by atoms with van der Waals surface area (Å²) in [6.07, 6.45) is 0.911. The molecule has 2 aromatic rings. The Kier molecular flexibility index (Phi) is 6.40. The van der Waals surface area contributed by atoms with Crippen molar-refractivity contribution in [1.29, 1.82) is 0 Å². The molecule has 0 aromatic heterocycles. The van der Waals surface area contributed by atoms with Crippen molar-refractivity contribution in [3.05, 3.63) is 63.2 Å². The van der Waals surface area contributed by atoms with E-state index < -0.39 is 5.91 Å². The molecule has 6 heteroatoms. The van der Waals surface area contributed by atoms with E-state index in [0.717, 1.165) is 15.6 Å². The quantitative estimate of drug-likeness (QED) is 0.573. The Labute approximate surface area is 148 Å². The Morgan fingerprint density at radius 1 is 1.00 bits per heavy atom. The van der Waals surface area contributed by atoms with Crippen molar-refractivity contribution in [2.45, 2.75) is 13.3 Å². The van der Waals surface area contributed by atoms with Crippen molar-refractivity contribution in [3.8, 4) is 5.75 Å². The Bertz CT molecular complexity index is 669. The van der Waals surface area contributed by atoms with Crippen LogP contribution in [0.15, 0.2) is 48.5 Å². The molecule has 5 nitrogen and oxygen atoms in total. The van der Waals surface area contributed by atoms with E-state index in [-0.39, 0.29) is 12.5 Å². The first-order valence-corrected chi connectivity index (χ1v) is 8.23. The lowest BCUT2D eigenvalue weighted by Gasteiger charge is -2.09. The highest BCUT2D eigenvalue weighted by Crippen LogP contribution is 2.13. The Balaban J connectivity index is 1.76. The van der Waals surface area contributed by atoms with Gasteiger partial charge in [-0.25, -0.2) is 0 Å². The zero-order valence-corrected chi connectivity index (χ0v) is 14.8. The van der Waals surface area contributed by atoms with Crippen molar-refractivity contribution in [2.75, 3.05) is 6.61 Å². The molecule has 2 rings (SSSR count). The molecular formula is C17H17IN2O3. The van der Waals surface area contributed by atoms with Crippen LogP contribution in [0, 0.1) is 3.57 Å². The number of hydrogen-bond donors (Lipinski definition) is 2. The van der Waals surface area contributed by atoms with E-state index in [1.807, 2.05) is 31.2 Å². The number of hydrogen-bond acceptors (Lipinski definition) is 3. The van der Waals surface area contributed by atoms with Gasteiger partial charge in [0.25, 0.3) is 11.8 Å². The van der Waals surface area contributed by atoms with Crippen LogP contribution in [-0.4, -0.2) is 18.4 Å². The maximum Gasteiger partial charge on any atom is 0.276 e. The Hall–Kier alpha value is -2.09. The molecule has 0 atom stereocenters. The molecule has 2 N–H and O–H groups in total. The molecule has 120 valence electrons. The number of aryl methyl sites for hydroxylation is 1. The molecule has 0 saturated carbocycles. The second-order valence-electron chi connectivity index (χ2n) is 4.80. The first-order chi connectivity index (χ1) is 11.1. The lowest BCUT2D eigenvalue weighted by molar-refractivity contribution is -0.123. The fraction of sp³-hybridized carbons (Fsp3) is 0.176. The number of hydrazine groups is 1. The van der Waals surface area contributed by atoms with Gasteiger partial charge in [0.15, 0.2) is 6.61 Å². The second kappa shape index (κ2) is 8.52. The molecule has 2 aromatic carbocycles. The first kappa shape index (κ1) is 17.3. The predicted molar refractivity (Wildman–Crippen MR) is 96.1 cm³/mol. The van der Waals surface area contributed by atoms with Gasteiger partial charge in [-0.2, -0.15) is 0 Å². The number of benzene rings is 2. The van der Waals surface area contributed by atoms with E-state index in [9.17, 15) is 9.59 Å². The summed E-state index contributed by atoms with van der Waals surface area (Å²) in [6.45, 7) is 1.87. The normalized spacial score (nSPS) is 10.0. The summed E-state index contributed by atoms with van der Waals surface area (Å²) in [5.74, 6) is -0.195. The van der Waals surface area contributed by atoms with E-state index in [1.54, 1.807) is 24.3 Å². The Morgan fingerprint density at radius 3 is 2.26 bits per heavy atom. The monoisotopic (exact) mass is 424 g/mol. The van der Waals surface area contributed by atoms with Crippen molar-refractivity contribution in [1.82, 2.24) is 10.9 Å². The van der Waals surface area contributed by atoms with E-state index in [0.29, 0.717) is 11.3 Å². The van der Waals surface area contributed by atoms with Crippen LogP contribution < -0.4 is 15.6 Å². The lowest BCUT2D eigenvalue weighted by atomic mass is 10.1. The van der Waals surface area contributed by atoms with Crippen LogP contribution in [0.4, 0.5) is 0 Å². The third-order valence-electron chi connectivity index (χ3n) is 3.12. The number of nitrogens with one attached hydrogen (secondary N) is 2. The van der Waals surface area contributed by atoms with Crippen LogP contribution in [0.5, 0.6) is 5.75 Å². The van der Waals surface area contributed by atoms with E-state index in [4.69, 9.17) is 4.74 Å². The molecule has 0 spiro atoms. The topological polar surface area (TPSA) is 67.4 Å². The maximum atomic E-state index is 11.9. The van der Waals surface area contributed by atoms with Crippen LogP contribution in [0.3, 0.4) is 0 Å². The minimum atomic E-state index is -0.429. The fourth-order valence-corrected chi connectivity index (χ4v) is 2.17. The van der Waals surface area contributed by atoms with Crippen LogP contribution in [0.2, 0.25) is 0 Å². The minimum Gasteiger partial charge on any atom is -0.484 e. The standard InChI is InChI=1S/C17H17IN2O3/c1-2-12-3-5-13(6-4-12)17(22)20-19-16(21)11-23-15-9-7-14(18)8-10-15/h3-10H,2,11H2,1H3,(H,19,21)(H,20,22). The second-order valence-corrected chi connectivity index (χ2v) is 6.04. The van der Waals surface area contributed by atoms with Crippen LogP contribution >= 0.6 is 22.6 Å². The smallest absolute Gasteiger partial charge is 0.276 e. The average Bonchev–Trinajstić information content (AvgIpc) is 2.59. The third-order valence-corrected chi connectivity index (χ3v) is 3.84. The van der Waals surface area contributed by atoms with Crippen molar-refractivity contribution in [3.63, 3.8) is 0 Å². The van der Waals surface area contributed by atoms with Gasteiger partial charge in [0.05, 0.1) is 0 Å². The van der Waals surface area contributed by atoms with Gasteiger partial charge in [0.1, 0.15) is 5.75 Å². The molecule has 0 aliphatic carbocycles. The number of amides is 2. The average molecular weight is 424 g/mol. The largest absolute Gasteiger partial charge is 0.484 e. The number of carbonyl (C=O) groups is 2. The lowest BCUT2D eigenvalue weighted by Crippen LogP contribution is -2.43. The molecule has 0 aliphatic heterocycles. The number of rotatable bonds is 5. The van der Waals surface area contributed by atoms with Crippen LogP contribution in [-0.2, 0) is 11.2 Å². The molecular weight excluding hydrogens is 407 g/mol. The van der Waals surface area contributed by atoms with Crippen molar-refractivity contribution >= 4 is 34.4 Å². The van der Waals surface area contributed by atoms with Gasteiger partial charge in [-0.1, -0.05) is 19.1 Å². The number of halogens is 1. The van der Waals surface area contributed by atoms with Crippen molar-refractivity contribution in [2.24, 2.45) is 0 Å². The number of carbonyl (C=O) groups excluding carboxylic acids is 2. The minimum absolute atomic E-state index is 0.171. The van der Waals surface area contributed by atoms with Gasteiger partial charge < -0.3 is 4.74 Å². The van der Waals surface area contributed by atoms with Gasteiger partial charge in [-0.3, -0.25) is 20.4 Å². The van der Waals surface area contributed by atoms with E-state index >= 15 is 0 Å². The van der Waals surface area contributed by atoms with Gasteiger partial charge in [-0.05, 0) is 71.0 Å². The molecule has 23 heavy (non-hydrogen) atoms. The summed E-state index contributed by atoms with van der Waals surface area (Å²) in [4.78, 5) is 23.6. The SMILES string of the molecule is CCc1ccc(C(=O)NNC(=O)COc2ccc(I)cc2)cc1. The zero-order chi connectivity index (χ0) is 16.7. The highest BCUT2D eigenvalue weighted by molar-refractivity contribution is 14.1. The summed E-state index contributed by atoms with van der Waals surface area (Å²) >= 11 is 2.19. The van der Waals surface area contributed by atoms with E-state index in [1.165, 1.54) is 0 Å². The number of ether oxygens (including phenoxy) is 1. The summed E-state index contributed by atoms with van der Waals surface area (Å²) in [7, 11) is 0. The molecule has 0 saturated heterocycles. The molecule has 0 unspecified atom stereocenters. The fourth-order valence-electron chi connectivity index (χ4n) is 1.81. The van der Waals surface area contributed by atoms with Gasteiger partial charge in [0.2, 0.25) is 0 Å². The molecule has 2 amide bonds. The summed E-state index contributed by atoms with van der Waals surface area (Å²) < 4.78 is 6.41. The maximum absolute atomic E-state index is 11.9. The zero-order valence-electron chi connectivity index (χ0n) is 12.6. The van der Waals surface area contributed by atoms with Crippen LogP contribution in [0.1, 0.15) is 22.8 Å². The molecule has 0 bridgehead atoms. The van der Waals surface area contributed by atoms with Crippen LogP contribution in [0.25, 0.3) is 0 Å². The molecule has 0 heterocycles. The van der Waals surface area contributed by atoms with Gasteiger partial charge >= 0.3 is 0 Å². The highest BCUT2D eigenvalue weighted by atomic mass is 127. The molecule has 0 radical (unpaired) electrons. The van der Waals surface area contributed by atoms with E-state index in [2.05, 4.69) is 33.4 Å². The van der Waals surface area contributed by atoms with Gasteiger partial charge in [0, 0.05) is 9.13 Å². The predicted octanol–water partition coefficient (Wildman–Crippen LogP) is 2.69. The third kappa shape index (κ3) is 5.55.